The Labute approximate surface area is 142 Å². The minimum absolute atomic E-state index is 0.0955. The summed E-state index contributed by atoms with van der Waals surface area (Å²) in [5, 5.41) is 29.6. The molecule has 0 atom stereocenters. The van der Waals surface area contributed by atoms with Gasteiger partial charge >= 0.3 is 0 Å². The number of nitrogens with zero attached hydrogens (tertiary/aromatic N) is 2. The van der Waals surface area contributed by atoms with E-state index in [1.165, 1.54) is 11.3 Å². The van der Waals surface area contributed by atoms with E-state index in [2.05, 4.69) is 4.98 Å². The Hall–Kier alpha value is -2.86. The Morgan fingerprint density at radius 1 is 1.17 bits per heavy atom. The van der Waals surface area contributed by atoms with E-state index < -0.39 is 0 Å². The first-order valence-electron chi connectivity index (χ1n) is 7.49. The van der Waals surface area contributed by atoms with Gasteiger partial charge in [-0.1, -0.05) is 18.2 Å². The van der Waals surface area contributed by atoms with Crippen molar-refractivity contribution in [3.8, 4) is 5.75 Å². The fraction of sp³-hybridized carbons (Fsp3) is 0.111. The number of aromatic nitrogens is 1. The number of aliphatic hydroxyl groups is 1. The fourth-order valence-corrected chi connectivity index (χ4v) is 3.88. The lowest BCUT2D eigenvalue weighted by molar-refractivity contribution is 0.411. The molecule has 0 saturated heterocycles. The number of hydrogen-bond acceptors (Lipinski definition) is 5. The van der Waals surface area contributed by atoms with Crippen molar-refractivity contribution in [3.05, 3.63) is 58.8 Å². The van der Waals surface area contributed by atoms with Crippen LogP contribution in [0.2, 0.25) is 0 Å². The van der Waals surface area contributed by atoms with Gasteiger partial charge in [0.25, 0.3) is 0 Å². The monoisotopic (exact) mass is 337 g/mol. The molecule has 2 aromatic carbocycles. The van der Waals surface area contributed by atoms with Crippen LogP contribution >= 0.6 is 11.3 Å². The van der Waals surface area contributed by atoms with E-state index in [1.54, 1.807) is 17.0 Å². The number of thiazole rings is 1. The summed E-state index contributed by atoms with van der Waals surface area (Å²) >= 11 is 1.45. The molecule has 0 spiro atoms. The average molecular weight is 337 g/mol. The maximum atomic E-state index is 10.4. The van der Waals surface area contributed by atoms with Gasteiger partial charge in [0.2, 0.25) is 0 Å². The van der Waals surface area contributed by atoms with Crippen LogP contribution in [0.25, 0.3) is 15.8 Å². The van der Waals surface area contributed by atoms with Gasteiger partial charge in [-0.3, -0.25) is 5.41 Å². The second-order valence-electron chi connectivity index (χ2n) is 5.74. The number of amidine groups is 1. The lowest BCUT2D eigenvalue weighted by atomic mass is 10.2. The van der Waals surface area contributed by atoms with E-state index in [4.69, 9.17) is 5.41 Å². The Balaban J connectivity index is 1.75. The largest absolute Gasteiger partial charge is 0.510 e. The number of nitrogens with one attached hydrogen (secondary N) is 1. The average Bonchev–Trinajstić information content (AvgIpc) is 3.08. The maximum absolute atomic E-state index is 10.4. The maximum Gasteiger partial charge on any atom is 0.139 e. The Bertz CT molecular complexity index is 973. The van der Waals surface area contributed by atoms with Gasteiger partial charge in [0.1, 0.15) is 22.4 Å². The van der Waals surface area contributed by atoms with Crippen LogP contribution in [0.1, 0.15) is 10.6 Å². The summed E-state index contributed by atoms with van der Waals surface area (Å²) in [6.45, 7) is 2.04. The number of fused-ring (bicyclic) bond motifs is 1. The molecule has 0 fully saturated rings. The molecule has 1 aliphatic rings. The van der Waals surface area contributed by atoms with E-state index in [1.807, 2.05) is 37.3 Å². The zero-order chi connectivity index (χ0) is 16.8. The van der Waals surface area contributed by atoms with Crippen LogP contribution < -0.4 is 4.90 Å². The predicted molar refractivity (Wildman–Crippen MR) is 97.1 cm³/mol. The molecule has 0 amide bonds. The molecule has 3 aromatic rings. The lowest BCUT2D eigenvalue weighted by Crippen LogP contribution is -2.26. The summed E-state index contributed by atoms with van der Waals surface area (Å²) in [6.07, 6.45) is 0. The highest BCUT2D eigenvalue weighted by Gasteiger charge is 2.32. The minimum Gasteiger partial charge on any atom is -0.510 e. The van der Waals surface area contributed by atoms with Gasteiger partial charge in [0.05, 0.1) is 28.0 Å². The third-order valence-electron chi connectivity index (χ3n) is 4.03. The van der Waals surface area contributed by atoms with Crippen molar-refractivity contribution in [1.29, 1.82) is 5.41 Å². The number of anilines is 1. The van der Waals surface area contributed by atoms with Crippen molar-refractivity contribution in [2.75, 3.05) is 11.4 Å². The molecule has 4 rings (SSSR count). The summed E-state index contributed by atoms with van der Waals surface area (Å²) in [5.41, 5.74) is 2.72. The highest BCUT2D eigenvalue weighted by Crippen LogP contribution is 2.38. The highest BCUT2D eigenvalue weighted by molar-refractivity contribution is 7.19. The van der Waals surface area contributed by atoms with E-state index in [-0.39, 0.29) is 23.9 Å². The number of phenolic OH excluding ortho intramolecular Hbond substituents is 1. The zero-order valence-electron chi connectivity index (χ0n) is 12.9. The third kappa shape index (κ3) is 2.23. The van der Waals surface area contributed by atoms with Gasteiger partial charge < -0.3 is 15.1 Å². The first kappa shape index (κ1) is 14.7. The van der Waals surface area contributed by atoms with Crippen molar-refractivity contribution in [2.24, 2.45) is 0 Å². The number of aromatic hydroxyl groups is 1. The predicted octanol–water partition coefficient (Wildman–Crippen LogP) is 4.08. The summed E-state index contributed by atoms with van der Waals surface area (Å²) in [5.74, 6) is 0.336. The standard InChI is InChI=1S/C18H15N3O2S/c1-10-6-7-12(13(22)8-10)21-9-14(23)16(17(21)19)18-20-11-4-2-3-5-15(11)24-18/h2-8,19,22-23H,9H2,1H3. The zero-order valence-corrected chi connectivity index (χ0v) is 13.8. The number of benzene rings is 2. The van der Waals surface area contributed by atoms with Crippen molar-refractivity contribution < 1.29 is 10.2 Å². The van der Waals surface area contributed by atoms with Crippen molar-refractivity contribution in [1.82, 2.24) is 4.98 Å². The molecule has 0 aliphatic carbocycles. The molecule has 0 saturated carbocycles. The van der Waals surface area contributed by atoms with Gasteiger partial charge in [0.15, 0.2) is 0 Å². The van der Waals surface area contributed by atoms with Gasteiger partial charge in [0, 0.05) is 0 Å². The van der Waals surface area contributed by atoms with Crippen LogP contribution in [0.4, 0.5) is 5.69 Å². The van der Waals surface area contributed by atoms with Crippen LogP contribution in [0, 0.1) is 12.3 Å². The topological polar surface area (TPSA) is 80.4 Å². The molecule has 120 valence electrons. The molecule has 0 unspecified atom stereocenters. The fourth-order valence-electron chi connectivity index (χ4n) is 2.85. The van der Waals surface area contributed by atoms with Crippen LogP contribution in [-0.2, 0) is 0 Å². The van der Waals surface area contributed by atoms with Crippen LogP contribution in [0.3, 0.4) is 0 Å². The molecule has 0 bridgehead atoms. The van der Waals surface area contributed by atoms with Crippen molar-refractivity contribution >= 4 is 38.6 Å². The quantitative estimate of drug-likeness (QED) is 0.658. The summed E-state index contributed by atoms with van der Waals surface area (Å²) < 4.78 is 1.01. The number of rotatable bonds is 2. The molecule has 24 heavy (non-hydrogen) atoms. The smallest absolute Gasteiger partial charge is 0.139 e. The molecule has 2 heterocycles. The molecule has 1 aromatic heterocycles. The molecule has 5 nitrogen and oxygen atoms in total. The van der Waals surface area contributed by atoms with Gasteiger partial charge in [-0.05, 0) is 36.8 Å². The van der Waals surface area contributed by atoms with Gasteiger partial charge in [-0.2, -0.15) is 0 Å². The summed E-state index contributed by atoms with van der Waals surface area (Å²) in [6, 6.07) is 13.0. The number of aryl methyl sites for hydroxylation is 1. The second-order valence-corrected chi connectivity index (χ2v) is 6.77. The van der Waals surface area contributed by atoms with Crippen molar-refractivity contribution in [3.63, 3.8) is 0 Å². The summed E-state index contributed by atoms with van der Waals surface area (Å²) in [4.78, 5) is 6.12. The lowest BCUT2D eigenvalue weighted by Gasteiger charge is -2.20. The third-order valence-corrected chi connectivity index (χ3v) is 5.09. The van der Waals surface area contributed by atoms with Crippen LogP contribution in [0.5, 0.6) is 5.75 Å². The number of para-hydroxylation sites is 1. The molecule has 0 radical (unpaired) electrons. The Morgan fingerprint density at radius 2 is 1.96 bits per heavy atom. The molecule has 6 heteroatoms. The Kier molecular flexibility index (Phi) is 3.28. The highest BCUT2D eigenvalue weighted by atomic mass is 32.1. The van der Waals surface area contributed by atoms with Crippen LogP contribution in [0.15, 0.2) is 48.2 Å². The number of aliphatic hydroxyl groups excluding tert-OH is 1. The van der Waals surface area contributed by atoms with E-state index in [0.717, 1.165) is 15.8 Å². The first-order chi connectivity index (χ1) is 11.5. The SMILES string of the molecule is Cc1ccc(N2CC(O)=C(c3nc4ccccc4s3)C2=N)c(O)c1. The van der Waals surface area contributed by atoms with Crippen molar-refractivity contribution in [2.45, 2.75) is 6.92 Å². The number of phenols is 1. The van der Waals surface area contributed by atoms with Gasteiger partial charge in [-0.25, -0.2) is 4.98 Å². The molecule has 3 N–H and O–H groups in total. The summed E-state index contributed by atoms with van der Waals surface area (Å²) in [7, 11) is 0. The molecular formula is C18H15N3O2S. The molecular weight excluding hydrogens is 322 g/mol. The van der Waals surface area contributed by atoms with E-state index in [0.29, 0.717) is 16.3 Å². The first-order valence-corrected chi connectivity index (χ1v) is 8.30. The Morgan fingerprint density at radius 3 is 2.71 bits per heavy atom. The van der Waals surface area contributed by atoms with E-state index >= 15 is 0 Å². The van der Waals surface area contributed by atoms with Crippen LogP contribution in [-0.4, -0.2) is 27.6 Å². The number of hydrogen-bond donors (Lipinski definition) is 3. The van der Waals surface area contributed by atoms with E-state index in [9.17, 15) is 10.2 Å². The molecule has 1 aliphatic heterocycles. The second kappa shape index (κ2) is 5.35. The normalized spacial score (nSPS) is 14.9. The minimum atomic E-state index is 0.0955. The van der Waals surface area contributed by atoms with Gasteiger partial charge in [-0.15, -0.1) is 11.3 Å².